The van der Waals surface area contributed by atoms with Crippen molar-refractivity contribution in [3.8, 4) is 0 Å². The Kier molecular flexibility index (Phi) is 15.5. The van der Waals surface area contributed by atoms with Crippen molar-refractivity contribution in [3.05, 3.63) is 0 Å². The van der Waals surface area contributed by atoms with Gasteiger partial charge < -0.3 is 4.79 Å². The quantitative estimate of drug-likeness (QED) is 0.317. The van der Waals surface area contributed by atoms with Gasteiger partial charge in [-0.3, -0.25) is 17.6 Å². The monoisotopic (exact) mass is 313 g/mol. The molecule has 3 N–H and O–H groups in total. The van der Waals surface area contributed by atoms with E-state index in [2.05, 4.69) is 5.43 Å². The Bertz CT molecular complexity index is 70.8. The molecule has 0 bridgehead atoms. The van der Waals surface area contributed by atoms with Crippen LogP contribution >= 0.6 is 0 Å². The van der Waals surface area contributed by atoms with E-state index in [1.165, 1.54) is 0 Å². The number of nitrogens with one attached hydrogen (secondary N) is 1. The molecule has 3 nitrogen and oxygen atoms in total. The van der Waals surface area contributed by atoms with Gasteiger partial charge in [0.15, 0.2) is 0 Å². The minimum absolute atomic E-state index is 0. The Morgan fingerprint density at radius 1 is 1.30 bits per heavy atom. The van der Waals surface area contributed by atoms with Crippen molar-refractivity contribution in [3.63, 3.8) is 0 Å². The van der Waals surface area contributed by atoms with Crippen molar-refractivity contribution in [2.24, 2.45) is 5.84 Å². The molecule has 0 amide bonds. The first-order chi connectivity index (χ1) is 4.41. The van der Waals surface area contributed by atoms with Gasteiger partial charge in [0.05, 0.1) is 0 Å². The molecular weight excluding hydrogens is 300 g/mol. The van der Waals surface area contributed by atoms with Crippen LogP contribution in [-0.4, -0.2) is 12.8 Å². The molecular formula is C6H13N2OW-. The van der Waals surface area contributed by atoms with E-state index in [4.69, 9.17) is 5.84 Å². The molecule has 0 radical (unpaired) electrons. The largest absolute Gasteiger partial charge is 0.542 e. The molecule has 0 spiro atoms. The minimum atomic E-state index is 0. The smallest absolute Gasteiger partial charge is 0.00973 e. The Morgan fingerprint density at radius 3 is 2.50 bits per heavy atom. The van der Waals surface area contributed by atoms with Crippen LogP contribution in [-0.2, 0) is 25.9 Å². The minimum Gasteiger partial charge on any atom is -0.542 e. The van der Waals surface area contributed by atoms with Crippen molar-refractivity contribution in [1.29, 1.82) is 0 Å². The second-order valence-electron chi connectivity index (χ2n) is 1.91. The van der Waals surface area contributed by atoms with Gasteiger partial charge >= 0.3 is 0 Å². The van der Waals surface area contributed by atoms with E-state index >= 15 is 0 Å². The molecule has 0 aliphatic rings. The Morgan fingerprint density at radius 2 is 2.00 bits per heavy atom. The van der Waals surface area contributed by atoms with Gasteiger partial charge in [0, 0.05) is 27.6 Å². The molecule has 0 atom stereocenters. The van der Waals surface area contributed by atoms with Gasteiger partial charge in [-0.25, -0.2) is 0 Å². The van der Waals surface area contributed by atoms with Gasteiger partial charge in [0.25, 0.3) is 0 Å². The molecule has 4 heteroatoms. The first kappa shape index (κ1) is 12.9. The first-order valence-corrected chi connectivity index (χ1v) is 3.20. The van der Waals surface area contributed by atoms with E-state index < -0.39 is 0 Å². The summed E-state index contributed by atoms with van der Waals surface area (Å²) in [4.78, 5) is 9.67. The van der Waals surface area contributed by atoms with Crippen LogP contribution in [0.2, 0.25) is 0 Å². The fourth-order valence-electron chi connectivity index (χ4n) is 0.601. The molecule has 0 saturated heterocycles. The summed E-state index contributed by atoms with van der Waals surface area (Å²) in [7, 11) is 0. The number of rotatable bonds is 6. The molecule has 0 aromatic rings. The number of hydrogen-bond donors (Lipinski definition) is 2. The second-order valence-corrected chi connectivity index (χ2v) is 1.91. The van der Waals surface area contributed by atoms with Crippen LogP contribution in [0.25, 0.3) is 0 Å². The normalized spacial score (nSPS) is 8.50. The van der Waals surface area contributed by atoms with Crippen molar-refractivity contribution < 1.29 is 25.9 Å². The summed E-state index contributed by atoms with van der Waals surface area (Å²) < 4.78 is 0. The molecule has 0 aliphatic heterocycles. The summed E-state index contributed by atoms with van der Waals surface area (Å²) in [6.07, 6.45) is 5.43. The van der Waals surface area contributed by atoms with Crippen molar-refractivity contribution in [2.45, 2.75) is 25.7 Å². The Hall–Kier alpha value is 0.278. The zero-order valence-corrected chi connectivity index (χ0v) is 8.86. The van der Waals surface area contributed by atoms with Crippen LogP contribution in [0.4, 0.5) is 0 Å². The topological polar surface area (TPSA) is 55.1 Å². The molecule has 0 aromatic heterocycles. The number of hydrazine groups is 1. The predicted molar refractivity (Wildman–Crippen MR) is 36.4 cm³/mol. The molecule has 10 heavy (non-hydrogen) atoms. The van der Waals surface area contributed by atoms with Gasteiger partial charge in [-0.2, -0.15) is 6.42 Å². The summed E-state index contributed by atoms with van der Waals surface area (Å²) in [6, 6.07) is 0. The average Bonchev–Trinajstić information content (AvgIpc) is 1.89. The Balaban J connectivity index is 0. The van der Waals surface area contributed by atoms with Crippen molar-refractivity contribution >= 4 is 6.29 Å². The fraction of sp³-hybridized carbons (Fsp3) is 0.833. The maximum absolute atomic E-state index is 9.67. The number of carbonyl (C=O) groups excluding carboxylic acids is 1. The van der Waals surface area contributed by atoms with Gasteiger partial charge in [0.2, 0.25) is 0 Å². The van der Waals surface area contributed by atoms with Gasteiger partial charge in [-0.1, -0.05) is 12.8 Å². The number of unbranched alkanes of at least 4 members (excludes halogenated alkanes) is 3. The zero-order chi connectivity index (χ0) is 6.95. The predicted octanol–water partition coefficient (Wildman–Crippen LogP) is 0.117. The van der Waals surface area contributed by atoms with Crippen molar-refractivity contribution in [2.75, 3.05) is 6.54 Å². The van der Waals surface area contributed by atoms with Crippen LogP contribution in [0, 0.1) is 0 Å². The first-order valence-electron chi connectivity index (χ1n) is 3.20. The summed E-state index contributed by atoms with van der Waals surface area (Å²) in [5, 5.41) is 0. The van der Waals surface area contributed by atoms with E-state index in [0.29, 0.717) is 6.42 Å². The summed E-state index contributed by atoms with van der Waals surface area (Å²) >= 11 is 0. The third kappa shape index (κ3) is 11.1. The van der Waals surface area contributed by atoms with Crippen LogP contribution in [0.5, 0.6) is 0 Å². The third-order valence-corrected chi connectivity index (χ3v) is 1.10. The van der Waals surface area contributed by atoms with Crippen molar-refractivity contribution in [1.82, 2.24) is 5.43 Å². The maximum Gasteiger partial charge on any atom is 0.00973 e. The molecule has 0 aromatic carbocycles. The van der Waals surface area contributed by atoms with E-state index in [-0.39, 0.29) is 21.1 Å². The van der Waals surface area contributed by atoms with Crippen LogP contribution in [0.3, 0.4) is 0 Å². The van der Waals surface area contributed by atoms with E-state index in [1.807, 2.05) is 6.29 Å². The zero-order valence-electron chi connectivity index (χ0n) is 5.93. The molecule has 60 valence electrons. The molecule has 0 rings (SSSR count). The van der Waals surface area contributed by atoms with E-state index in [1.54, 1.807) is 0 Å². The molecule has 0 unspecified atom stereocenters. The SMILES string of the molecule is NNCCCCC[C-]=O.[W]. The average molecular weight is 313 g/mol. The molecule has 0 saturated carbocycles. The summed E-state index contributed by atoms with van der Waals surface area (Å²) in [5.41, 5.74) is 2.55. The molecule has 0 aliphatic carbocycles. The van der Waals surface area contributed by atoms with Gasteiger partial charge in [-0.05, 0) is 6.42 Å². The summed E-state index contributed by atoms with van der Waals surface area (Å²) in [6.45, 7) is 0.832. The van der Waals surface area contributed by atoms with Crippen LogP contribution < -0.4 is 11.3 Å². The molecule has 0 heterocycles. The van der Waals surface area contributed by atoms with Crippen LogP contribution in [0.1, 0.15) is 25.7 Å². The standard InChI is InChI=1S/C6H13N2O.W/c7-8-5-3-1-2-4-6-9;/h8H,1-5,7H2;/q-1;. The second kappa shape index (κ2) is 12.0. The van der Waals surface area contributed by atoms with Crippen LogP contribution in [0.15, 0.2) is 0 Å². The number of nitrogens with two attached hydrogens (primary N) is 1. The maximum atomic E-state index is 9.67. The van der Waals surface area contributed by atoms with E-state index in [9.17, 15) is 4.79 Å². The fourth-order valence-corrected chi connectivity index (χ4v) is 0.601. The van der Waals surface area contributed by atoms with Gasteiger partial charge in [-0.15, -0.1) is 0 Å². The third-order valence-electron chi connectivity index (χ3n) is 1.10. The number of hydrogen-bond acceptors (Lipinski definition) is 3. The summed E-state index contributed by atoms with van der Waals surface area (Å²) in [5.74, 6) is 5.02. The molecule has 0 fully saturated rings. The van der Waals surface area contributed by atoms with E-state index in [0.717, 1.165) is 25.8 Å². The van der Waals surface area contributed by atoms with Gasteiger partial charge in [0.1, 0.15) is 0 Å². The Labute approximate surface area is 76.0 Å².